The second-order valence-electron chi connectivity index (χ2n) is 5.89. The summed E-state index contributed by atoms with van der Waals surface area (Å²) in [6.45, 7) is 3.51. The van der Waals surface area contributed by atoms with Crippen LogP contribution < -0.4 is 15.2 Å². The number of nitrogens with one attached hydrogen (secondary N) is 1. The predicted octanol–water partition coefficient (Wildman–Crippen LogP) is 3.49. The molecule has 0 spiro atoms. The zero-order valence-electron chi connectivity index (χ0n) is 15.6. The fourth-order valence-corrected chi connectivity index (χ4v) is 3.22. The Morgan fingerprint density at radius 2 is 2.19 bits per heavy atom. The van der Waals surface area contributed by atoms with Gasteiger partial charge in [0.1, 0.15) is 5.75 Å². The highest BCUT2D eigenvalue weighted by atomic mass is 32.2. The maximum atomic E-state index is 11.9. The summed E-state index contributed by atoms with van der Waals surface area (Å²) in [4.78, 5) is 17.1. The molecule has 1 aromatic heterocycles. The van der Waals surface area contributed by atoms with Gasteiger partial charge in [0, 0.05) is 17.3 Å². The Balaban J connectivity index is 1.96. The molecular weight excluding hydrogens is 362 g/mol. The van der Waals surface area contributed by atoms with Crippen LogP contribution in [0.4, 0.5) is 0 Å². The molecule has 0 aliphatic rings. The monoisotopic (exact) mass is 389 g/mol. The molecule has 1 atom stereocenters. The van der Waals surface area contributed by atoms with Crippen LogP contribution in [-0.2, 0) is 9.53 Å². The molecule has 3 N–H and O–H groups in total. The molecular formula is C20H27N3O3S. The Morgan fingerprint density at radius 3 is 2.93 bits per heavy atom. The van der Waals surface area contributed by atoms with Crippen molar-refractivity contribution >= 4 is 17.9 Å². The van der Waals surface area contributed by atoms with Gasteiger partial charge in [0.25, 0.3) is 0 Å². The molecule has 2 aromatic rings. The number of esters is 1. The van der Waals surface area contributed by atoms with Gasteiger partial charge >= 0.3 is 5.97 Å². The third-order valence-corrected chi connectivity index (χ3v) is 4.65. The number of rotatable bonds is 12. The quantitative estimate of drug-likeness (QED) is 0.326. The number of hydrogen-bond donors (Lipinski definition) is 2. The Bertz CT molecular complexity index is 685. The Labute approximate surface area is 165 Å². The molecule has 0 saturated carbocycles. The second-order valence-corrected chi connectivity index (χ2v) is 6.80. The van der Waals surface area contributed by atoms with Crippen molar-refractivity contribution in [3.05, 3.63) is 54.4 Å². The van der Waals surface area contributed by atoms with E-state index in [1.807, 2.05) is 36.4 Å². The van der Waals surface area contributed by atoms with Crippen molar-refractivity contribution in [2.24, 2.45) is 5.73 Å². The molecule has 1 unspecified atom stereocenters. The van der Waals surface area contributed by atoms with Gasteiger partial charge in [0.05, 0.1) is 25.7 Å². The van der Waals surface area contributed by atoms with Crippen LogP contribution >= 0.6 is 11.9 Å². The molecule has 0 aliphatic carbocycles. The lowest BCUT2D eigenvalue weighted by Crippen LogP contribution is -2.20. The van der Waals surface area contributed by atoms with Crippen molar-refractivity contribution in [1.29, 1.82) is 0 Å². The SMILES string of the molecule is CCOC(=O)CC(NSc1cccc(OCCCCN)c1)c1cccnc1. The van der Waals surface area contributed by atoms with Crippen molar-refractivity contribution in [3.63, 3.8) is 0 Å². The largest absolute Gasteiger partial charge is 0.494 e. The number of nitrogens with two attached hydrogens (primary N) is 1. The minimum atomic E-state index is -0.239. The number of hydrogen-bond acceptors (Lipinski definition) is 7. The molecule has 0 bridgehead atoms. The summed E-state index contributed by atoms with van der Waals surface area (Å²) in [7, 11) is 0. The predicted molar refractivity (Wildman–Crippen MR) is 107 cm³/mol. The average Bonchev–Trinajstić information content (AvgIpc) is 2.70. The highest BCUT2D eigenvalue weighted by Gasteiger charge is 2.17. The molecule has 1 heterocycles. The van der Waals surface area contributed by atoms with Crippen LogP contribution in [0.1, 0.15) is 37.8 Å². The van der Waals surface area contributed by atoms with Crippen LogP contribution in [0.5, 0.6) is 5.75 Å². The summed E-state index contributed by atoms with van der Waals surface area (Å²) in [5.74, 6) is 0.582. The van der Waals surface area contributed by atoms with Crippen LogP contribution in [0.25, 0.3) is 0 Å². The molecule has 0 amide bonds. The number of carbonyl (C=O) groups is 1. The van der Waals surface area contributed by atoms with Crippen LogP contribution in [-0.4, -0.2) is 30.7 Å². The minimum Gasteiger partial charge on any atom is -0.494 e. The lowest BCUT2D eigenvalue weighted by Gasteiger charge is -2.17. The van der Waals surface area contributed by atoms with Crippen molar-refractivity contribution < 1.29 is 14.3 Å². The molecule has 0 radical (unpaired) electrons. The lowest BCUT2D eigenvalue weighted by atomic mass is 10.1. The van der Waals surface area contributed by atoms with Gasteiger partial charge in [-0.1, -0.05) is 12.1 Å². The number of benzene rings is 1. The van der Waals surface area contributed by atoms with Gasteiger partial charge in [-0.25, -0.2) is 0 Å². The van der Waals surface area contributed by atoms with E-state index in [0.717, 1.165) is 29.1 Å². The summed E-state index contributed by atoms with van der Waals surface area (Å²) in [6.07, 6.45) is 5.60. The average molecular weight is 390 g/mol. The lowest BCUT2D eigenvalue weighted by molar-refractivity contribution is -0.143. The normalized spacial score (nSPS) is 11.8. The van der Waals surface area contributed by atoms with E-state index in [1.54, 1.807) is 19.3 Å². The molecule has 1 aromatic carbocycles. The molecule has 146 valence electrons. The third-order valence-electron chi connectivity index (χ3n) is 3.75. The van der Waals surface area contributed by atoms with Gasteiger partial charge < -0.3 is 15.2 Å². The molecule has 0 aliphatic heterocycles. The van der Waals surface area contributed by atoms with E-state index < -0.39 is 0 Å². The Kier molecular flexibility index (Phi) is 9.68. The first-order valence-electron chi connectivity index (χ1n) is 9.13. The first-order chi connectivity index (χ1) is 13.2. The highest BCUT2D eigenvalue weighted by Crippen LogP contribution is 2.26. The van der Waals surface area contributed by atoms with E-state index in [0.29, 0.717) is 19.8 Å². The number of aromatic nitrogens is 1. The van der Waals surface area contributed by atoms with E-state index in [9.17, 15) is 4.79 Å². The van der Waals surface area contributed by atoms with Crippen LogP contribution in [0.3, 0.4) is 0 Å². The van der Waals surface area contributed by atoms with Gasteiger partial charge in [-0.3, -0.25) is 14.5 Å². The van der Waals surface area contributed by atoms with Crippen LogP contribution in [0.2, 0.25) is 0 Å². The number of carbonyl (C=O) groups excluding carboxylic acids is 1. The molecule has 0 saturated heterocycles. The number of nitrogens with zero attached hydrogens (tertiary/aromatic N) is 1. The minimum absolute atomic E-state index is 0.197. The van der Waals surface area contributed by atoms with Gasteiger partial charge in [0.15, 0.2) is 0 Å². The second kappa shape index (κ2) is 12.3. The Morgan fingerprint density at radius 1 is 1.30 bits per heavy atom. The summed E-state index contributed by atoms with van der Waals surface area (Å²) in [5.41, 5.74) is 6.43. The first-order valence-corrected chi connectivity index (χ1v) is 9.95. The van der Waals surface area contributed by atoms with Gasteiger partial charge in [-0.05, 0) is 68.1 Å². The van der Waals surface area contributed by atoms with Gasteiger partial charge in [0.2, 0.25) is 0 Å². The fraction of sp³-hybridized carbons (Fsp3) is 0.400. The van der Waals surface area contributed by atoms with Gasteiger partial charge in [-0.15, -0.1) is 0 Å². The number of ether oxygens (including phenoxy) is 2. The Hall–Kier alpha value is -2.09. The van der Waals surface area contributed by atoms with E-state index in [-0.39, 0.29) is 18.4 Å². The molecule has 0 fully saturated rings. The fourth-order valence-electron chi connectivity index (χ4n) is 2.40. The van der Waals surface area contributed by atoms with Crippen LogP contribution in [0.15, 0.2) is 53.7 Å². The van der Waals surface area contributed by atoms with Crippen molar-refractivity contribution in [2.75, 3.05) is 19.8 Å². The smallest absolute Gasteiger partial charge is 0.307 e. The van der Waals surface area contributed by atoms with Crippen molar-refractivity contribution in [2.45, 2.75) is 37.1 Å². The summed E-state index contributed by atoms with van der Waals surface area (Å²) < 4.78 is 14.2. The van der Waals surface area contributed by atoms with E-state index in [1.165, 1.54) is 11.9 Å². The molecule has 7 heteroatoms. The number of pyridine rings is 1. The molecule has 6 nitrogen and oxygen atoms in total. The highest BCUT2D eigenvalue weighted by molar-refractivity contribution is 7.97. The maximum Gasteiger partial charge on any atom is 0.307 e. The third kappa shape index (κ3) is 7.99. The maximum absolute atomic E-state index is 11.9. The summed E-state index contributed by atoms with van der Waals surface area (Å²) in [6, 6.07) is 11.5. The standard InChI is InChI=1S/C20H27N3O3S/c1-2-25-20(24)14-19(16-7-6-11-22-15-16)23-27-18-9-5-8-17(13-18)26-12-4-3-10-21/h5-9,11,13,15,19,23H,2-4,10,12,14,21H2,1H3. The zero-order chi connectivity index (χ0) is 19.3. The molecule has 2 rings (SSSR count). The topological polar surface area (TPSA) is 86.5 Å². The van der Waals surface area contributed by atoms with Crippen LogP contribution in [0, 0.1) is 0 Å². The van der Waals surface area contributed by atoms with E-state index in [2.05, 4.69) is 9.71 Å². The summed E-state index contributed by atoms with van der Waals surface area (Å²) in [5, 5.41) is 0. The van der Waals surface area contributed by atoms with Gasteiger partial charge in [-0.2, -0.15) is 0 Å². The van der Waals surface area contributed by atoms with E-state index in [4.69, 9.17) is 15.2 Å². The number of unbranched alkanes of at least 4 members (excludes halogenated alkanes) is 1. The van der Waals surface area contributed by atoms with Crippen molar-refractivity contribution in [3.8, 4) is 5.75 Å². The molecule has 27 heavy (non-hydrogen) atoms. The summed E-state index contributed by atoms with van der Waals surface area (Å²) >= 11 is 1.46. The first kappa shape index (κ1) is 21.2. The van der Waals surface area contributed by atoms with Crippen molar-refractivity contribution in [1.82, 2.24) is 9.71 Å². The zero-order valence-corrected chi connectivity index (χ0v) is 16.4. The van der Waals surface area contributed by atoms with E-state index >= 15 is 0 Å².